The molecule has 0 spiro atoms. The molecule has 22 heavy (non-hydrogen) atoms. The standard InChI is InChI=1S/C16H27NO3S2/c1-11-7-8-17(15(19)20-16(2,3)4)10-12(11)13(18)9-14(21-5)22-6/h9,11-12H,7-8,10H2,1-6H3. The van der Waals surface area contributed by atoms with Gasteiger partial charge in [-0.05, 0) is 45.6 Å². The summed E-state index contributed by atoms with van der Waals surface area (Å²) in [6.45, 7) is 8.74. The molecular weight excluding hydrogens is 318 g/mol. The zero-order valence-electron chi connectivity index (χ0n) is 14.3. The van der Waals surface area contributed by atoms with Crippen LogP contribution in [-0.2, 0) is 9.53 Å². The summed E-state index contributed by atoms with van der Waals surface area (Å²) in [7, 11) is 0. The molecule has 1 saturated heterocycles. The zero-order valence-corrected chi connectivity index (χ0v) is 16.0. The summed E-state index contributed by atoms with van der Waals surface area (Å²) in [4.78, 5) is 26.4. The molecule has 4 nitrogen and oxygen atoms in total. The Morgan fingerprint density at radius 3 is 2.32 bits per heavy atom. The number of ketones is 1. The van der Waals surface area contributed by atoms with Gasteiger partial charge in [0.15, 0.2) is 5.78 Å². The van der Waals surface area contributed by atoms with Gasteiger partial charge in [-0.25, -0.2) is 4.79 Å². The minimum Gasteiger partial charge on any atom is -0.444 e. The van der Waals surface area contributed by atoms with E-state index in [-0.39, 0.29) is 23.7 Å². The molecule has 0 saturated carbocycles. The minimum absolute atomic E-state index is 0.111. The van der Waals surface area contributed by atoms with Gasteiger partial charge < -0.3 is 9.64 Å². The highest BCUT2D eigenvalue weighted by Gasteiger charge is 2.34. The van der Waals surface area contributed by atoms with Gasteiger partial charge >= 0.3 is 6.09 Å². The Kier molecular flexibility index (Phi) is 7.32. The Labute approximate surface area is 142 Å². The van der Waals surface area contributed by atoms with Crippen LogP contribution in [0.25, 0.3) is 0 Å². The number of allylic oxidation sites excluding steroid dienone is 1. The molecule has 1 fully saturated rings. The van der Waals surface area contributed by atoms with Crippen molar-refractivity contribution in [3.05, 3.63) is 10.3 Å². The molecule has 0 radical (unpaired) electrons. The van der Waals surface area contributed by atoms with Crippen LogP contribution in [0.1, 0.15) is 34.1 Å². The summed E-state index contributed by atoms with van der Waals surface area (Å²) in [5.74, 6) is 0.252. The smallest absolute Gasteiger partial charge is 0.410 e. The average Bonchev–Trinajstić information content (AvgIpc) is 2.43. The lowest BCUT2D eigenvalue weighted by atomic mass is 9.84. The largest absolute Gasteiger partial charge is 0.444 e. The van der Waals surface area contributed by atoms with Crippen LogP contribution in [0.15, 0.2) is 10.3 Å². The highest BCUT2D eigenvalue weighted by atomic mass is 32.2. The number of piperidine rings is 1. The summed E-state index contributed by atoms with van der Waals surface area (Å²) < 4.78 is 6.42. The molecule has 0 aromatic carbocycles. The lowest BCUT2D eigenvalue weighted by Gasteiger charge is -2.36. The van der Waals surface area contributed by atoms with Gasteiger partial charge in [-0.1, -0.05) is 6.92 Å². The predicted molar refractivity (Wildman–Crippen MR) is 95.2 cm³/mol. The van der Waals surface area contributed by atoms with Gasteiger partial charge in [-0.2, -0.15) is 0 Å². The molecule has 1 aliphatic rings. The van der Waals surface area contributed by atoms with Crippen molar-refractivity contribution in [3.63, 3.8) is 0 Å². The molecule has 0 N–H and O–H groups in total. The number of hydrogen-bond donors (Lipinski definition) is 0. The van der Waals surface area contributed by atoms with Crippen LogP contribution in [0.3, 0.4) is 0 Å². The van der Waals surface area contributed by atoms with Gasteiger partial charge in [0, 0.05) is 29.3 Å². The molecule has 2 atom stereocenters. The Hall–Kier alpha value is -0.620. The number of ether oxygens (including phenoxy) is 1. The third kappa shape index (κ3) is 5.88. The van der Waals surface area contributed by atoms with Crippen molar-refractivity contribution in [3.8, 4) is 0 Å². The lowest BCUT2D eigenvalue weighted by Crippen LogP contribution is -2.47. The van der Waals surface area contributed by atoms with E-state index in [0.717, 1.165) is 10.7 Å². The Balaban J connectivity index is 2.77. The van der Waals surface area contributed by atoms with Crippen LogP contribution in [-0.4, -0.2) is 48.0 Å². The minimum atomic E-state index is -0.509. The molecule has 126 valence electrons. The van der Waals surface area contributed by atoms with Crippen molar-refractivity contribution >= 4 is 35.4 Å². The van der Waals surface area contributed by atoms with E-state index in [1.54, 1.807) is 34.5 Å². The second-order valence-corrected chi connectivity index (χ2v) is 8.53. The van der Waals surface area contributed by atoms with Gasteiger partial charge in [0.05, 0.1) is 0 Å². The normalized spacial score (nSPS) is 22.2. The molecular formula is C16H27NO3S2. The quantitative estimate of drug-likeness (QED) is 0.720. The molecule has 1 aliphatic heterocycles. The van der Waals surface area contributed by atoms with Crippen LogP contribution < -0.4 is 0 Å². The fourth-order valence-electron chi connectivity index (χ4n) is 2.36. The monoisotopic (exact) mass is 345 g/mol. The predicted octanol–water partition coefficient (Wildman–Crippen LogP) is 4.02. The topological polar surface area (TPSA) is 46.6 Å². The zero-order chi connectivity index (χ0) is 16.9. The highest BCUT2D eigenvalue weighted by Crippen LogP contribution is 2.29. The van der Waals surface area contributed by atoms with E-state index in [2.05, 4.69) is 6.92 Å². The Bertz CT molecular complexity index is 437. The van der Waals surface area contributed by atoms with Crippen molar-refractivity contribution < 1.29 is 14.3 Å². The van der Waals surface area contributed by atoms with Crippen molar-refractivity contribution in [2.45, 2.75) is 39.7 Å². The third-order valence-electron chi connectivity index (χ3n) is 3.64. The van der Waals surface area contributed by atoms with Gasteiger partial charge in [0.2, 0.25) is 0 Å². The summed E-state index contributed by atoms with van der Waals surface area (Å²) in [5, 5.41) is 0. The molecule has 0 aliphatic carbocycles. The number of likely N-dealkylation sites (tertiary alicyclic amines) is 1. The SMILES string of the molecule is CSC(=CC(=O)C1CN(C(=O)OC(C)(C)C)CCC1C)SC. The second-order valence-electron chi connectivity index (χ2n) is 6.57. The third-order valence-corrected chi connectivity index (χ3v) is 5.68. The highest BCUT2D eigenvalue weighted by molar-refractivity contribution is 8.21. The molecule has 2 unspecified atom stereocenters. The van der Waals surface area contributed by atoms with E-state index in [9.17, 15) is 9.59 Å². The number of rotatable bonds is 4. The van der Waals surface area contributed by atoms with Gasteiger partial charge in [-0.15, -0.1) is 23.5 Å². The van der Waals surface area contributed by atoms with E-state index < -0.39 is 5.60 Å². The van der Waals surface area contributed by atoms with Gasteiger partial charge in [0.1, 0.15) is 5.60 Å². The maximum atomic E-state index is 12.5. The maximum Gasteiger partial charge on any atom is 0.410 e. The first kappa shape index (κ1) is 19.4. The van der Waals surface area contributed by atoms with E-state index in [1.807, 2.05) is 33.3 Å². The fraction of sp³-hybridized carbons (Fsp3) is 0.750. The molecule has 1 rings (SSSR count). The van der Waals surface area contributed by atoms with Crippen LogP contribution in [0.2, 0.25) is 0 Å². The second kappa shape index (κ2) is 8.29. The van der Waals surface area contributed by atoms with Crippen LogP contribution >= 0.6 is 23.5 Å². The molecule has 1 amide bonds. The lowest BCUT2D eigenvalue weighted by molar-refractivity contribution is -0.121. The molecule has 0 aromatic rings. The van der Waals surface area contributed by atoms with E-state index in [1.165, 1.54) is 0 Å². The van der Waals surface area contributed by atoms with Crippen LogP contribution in [0.4, 0.5) is 4.79 Å². The number of hydrogen-bond acceptors (Lipinski definition) is 5. The number of carbonyl (C=O) groups is 2. The van der Waals surface area contributed by atoms with Gasteiger partial charge in [-0.3, -0.25) is 4.79 Å². The average molecular weight is 346 g/mol. The first-order valence-corrected chi connectivity index (χ1v) is 9.94. The van der Waals surface area contributed by atoms with E-state index >= 15 is 0 Å². The molecule has 6 heteroatoms. The number of carbonyl (C=O) groups excluding carboxylic acids is 2. The van der Waals surface area contributed by atoms with Crippen LogP contribution in [0.5, 0.6) is 0 Å². The summed E-state index contributed by atoms with van der Waals surface area (Å²) in [6.07, 6.45) is 6.16. The van der Waals surface area contributed by atoms with Crippen molar-refractivity contribution in [1.82, 2.24) is 4.90 Å². The van der Waals surface area contributed by atoms with E-state index in [4.69, 9.17) is 4.74 Å². The van der Waals surface area contributed by atoms with Crippen LogP contribution in [0, 0.1) is 11.8 Å². The van der Waals surface area contributed by atoms with Crippen molar-refractivity contribution in [2.24, 2.45) is 11.8 Å². The number of nitrogens with zero attached hydrogens (tertiary/aromatic N) is 1. The van der Waals surface area contributed by atoms with Crippen molar-refractivity contribution in [2.75, 3.05) is 25.6 Å². The number of thioether (sulfide) groups is 2. The first-order chi connectivity index (χ1) is 10.2. The summed E-state index contributed by atoms with van der Waals surface area (Å²) in [6, 6.07) is 0. The Morgan fingerprint density at radius 2 is 1.82 bits per heavy atom. The summed E-state index contributed by atoms with van der Waals surface area (Å²) >= 11 is 3.15. The molecule has 1 heterocycles. The number of amides is 1. The maximum absolute atomic E-state index is 12.5. The van der Waals surface area contributed by atoms with Crippen molar-refractivity contribution in [1.29, 1.82) is 0 Å². The van der Waals surface area contributed by atoms with E-state index in [0.29, 0.717) is 13.1 Å². The Morgan fingerprint density at radius 1 is 1.23 bits per heavy atom. The first-order valence-electron chi connectivity index (χ1n) is 7.49. The fourth-order valence-corrected chi connectivity index (χ4v) is 3.49. The van der Waals surface area contributed by atoms with Gasteiger partial charge in [0.25, 0.3) is 0 Å². The summed E-state index contributed by atoms with van der Waals surface area (Å²) in [5.41, 5.74) is -0.509. The molecule has 0 aromatic heterocycles. The molecule has 0 bridgehead atoms.